The van der Waals surface area contributed by atoms with Crippen LogP contribution in [0.15, 0.2) is 24.3 Å². The molecule has 0 aliphatic heterocycles. The molecular formula is C16H26N2O2. The molecule has 1 aromatic carbocycles. The predicted molar refractivity (Wildman–Crippen MR) is 81.4 cm³/mol. The first-order chi connectivity index (χ1) is 9.46. The van der Waals surface area contributed by atoms with Crippen molar-refractivity contribution in [3.05, 3.63) is 35.4 Å². The summed E-state index contributed by atoms with van der Waals surface area (Å²) in [6.07, 6.45) is 0.914. The van der Waals surface area contributed by atoms with E-state index < -0.39 is 0 Å². The van der Waals surface area contributed by atoms with Gasteiger partial charge in [0.15, 0.2) is 0 Å². The van der Waals surface area contributed by atoms with Crippen LogP contribution in [0, 0.1) is 0 Å². The molecule has 0 radical (unpaired) electrons. The van der Waals surface area contributed by atoms with Gasteiger partial charge in [0, 0.05) is 19.2 Å². The topological polar surface area (TPSA) is 50.4 Å². The highest BCUT2D eigenvalue weighted by atomic mass is 16.5. The van der Waals surface area contributed by atoms with Crippen LogP contribution in [0.5, 0.6) is 0 Å². The molecule has 0 saturated heterocycles. The van der Waals surface area contributed by atoms with Crippen LogP contribution >= 0.6 is 0 Å². The maximum absolute atomic E-state index is 11.8. The third kappa shape index (κ3) is 6.17. The molecule has 0 aliphatic carbocycles. The second-order valence-corrected chi connectivity index (χ2v) is 5.64. The number of methoxy groups -OCH3 is 1. The van der Waals surface area contributed by atoms with Crippen molar-refractivity contribution >= 4 is 5.91 Å². The first-order valence-electron chi connectivity index (χ1n) is 7.05. The third-order valence-electron chi connectivity index (χ3n) is 3.28. The van der Waals surface area contributed by atoms with Gasteiger partial charge < -0.3 is 15.4 Å². The fraction of sp³-hybridized carbons (Fsp3) is 0.562. The third-order valence-corrected chi connectivity index (χ3v) is 3.28. The van der Waals surface area contributed by atoms with Crippen molar-refractivity contribution in [2.24, 2.45) is 0 Å². The van der Waals surface area contributed by atoms with Gasteiger partial charge in [-0.15, -0.1) is 0 Å². The minimum atomic E-state index is -0.142. The number of hydrogen-bond acceptors (Lipinski definition) is 3. The van der Waals surface area contributed by atoms with E-state index in [1.807, 2.05) is 32.0 Å². The number of carbonyl (C=O) groups excluding carboxylic acids is 1. The van der Waals surface area contributed by atoms with Gasteiger partial charge in [0.1, 0.15) is 0 Å². The van der Waals surface area contributed by atoms with Crippen molar-refractivity contribution in [3.63, 3.8) is 0 Å². The number of rotatable bonds is 8. The molecule has 2 N–H and O–H groups in total. The average Bonchev–Trinajstić information content (AvgIpc) is 2.39. The number of benzene rings is 1. The molecule has 1 amide bonds. The largest absolute Gasteiger partial charge is 0.380 e. The minimum Gasteiger partial charge on any atom is -0.380 e. The van der Waals surface area contributed by atoms with E-state index in [1.54, 1.807) is 7.11 Å². The summed E-state index contributed by atoms with van der Waals surface area (Å²) in [6.45, 7) is 7.74. The van der Waals surface area contributed by atoms with Crippen LogP contribution < -0.4 is 10.6 Å². The molecule has 0 unspecified atom stereocenters. The van der Waals surface area contributed by atoms with Crippen LogP contribution in [0.3, 0.4) is 0 Å². The Kier molecular flexibility index (Phi) is 6.68. The Bertz CT molecular complexity index is 430. The molecule has 4 nitrogen and oxygen atoms in total. The van der Waals surface area contributed by atoms with Crippen molar-refractivity contribution < 1.29 is 9.53 Å². The van der Waals surface area contributed by atoms with Crippen molar-refractivity contribution in [2.45, 2.75) is 45.9 Å². The highest BCUT2D eigenvalue weighted by Crippen LogP contribution is 2.07. The summed E-state index contributed by atoms with van der Waals surface area (Å²) >= 11 is 0. The zero-order valence-corrected chi connectivity index (χ0v) is 13.0. The second kappa shape index (κ2) is 8.02. The molecule has 1 rings (SSSR count). The van der Waals surface area contributed by atoms with Gasteiger partial charge in [-0.25, -0.2) is 0 Å². The summed E-state index contributed by atoms with van der Waals surface area (Å²) in [4.78, 5) is 11.8. The predicted octanol–water partition coefficient (Wildman–Crippen LogP) is 2.23. The zero-order valence-electron chi connectivity index (χ0n) is 13.0. The standard InChI is InChI=1S/C16H26N2O2/c1-5-16(2,3)18-15(19)11-17-10-13-7-6-8-14(9-13)12-20-4/h6-9,17H,5,10-12H2,1-4H3,(H,18,19). The first kappa shape index (κ1) is 16.7. The van der Waals surface area contributed by atoms with Crippen molar-refractivity contribution in [1.82, 2.24) is 10.6 Å². The van der Waals surface area contributed by atoms with Gasteiger partial charge in [0.05, 0.1) is 13.2 Å². The molecule has 1 aromatic rings. The molecule has 4 heteroatoms. The Morgan fingerprint density at radius 3 is 2.65 bits per heavy atom. The molecular weight excluding hydrogens is 252 g/mol. The van der Waals surface area contributed by atoms with Gasteiger partial charge in [-0.1, -0.05) is 31.2 Å². The van der Waals surface area contributed by atoms with Crippen LogP contribution in [0.1, 0.15) is 38.3 Å². The number of hydrogen-bond donors (Lipinski definition) is 2. The quantitative estimate of drug-likeness (QED) is 0.766. The molecule has 0 heterocycles. The lowest BCUT2D eigenvalue weighted by Gasteiger charge is -2.24. The van der Waals surface area contributed by atoms with Crippen LogP contribution in [0.2, 0.25) is 0 Å². The first-order valence-corrected chi connectivity index (χ1v) is 7.05. The van der Waals surface area contributed by atoms with E-state index >= 15 is 0 Å². The van der Waals surface area contributed by atoms with Crippen molar-refractivity contribution in [1.29, 1.82) is 0 Å². The lowest BCUT2D eigenvalue weighted by Crippen LogP contribution is -2.46. The van der Waals surface area contributed by atoms with Crippen molar-refractivity contribution in [3.8, 4) is 0 Å². The van der Waals surface area contributed by atoms with Gasteiger partial charge in [-0.2, -0.15) is 0 Å². The summed E-state index contributed by atoms with van der Waals surface area (Å²) in [7, 11) is 1.69. The van der Waals surface area contributed by atoms with Crippen LogP contribution in [-0.4, -0.2) is 25.1 Å². The Morgan fingerprint density at radius 1 is 1.30 bits per heavy atom. The molecule has 0 aliphatic rings. The SMILES string of the molecule is CCC(C)(C)NC(=O)CNCc1cccc(COC)c1. The number of ether oxygens (including phenoxy) is 1. The fourth-order valence-corrected chi connectivity index (χ4v) is 1.83. The Hall–Kier alpha value is -1.39. The average molecular weight is 278 g/mol. The van der Waals surface area contributed by atoms with E-state index in [0.29, 0.717) is 19.7 Å². The summed E-state index contributed by atoms with van der Waals surface area (Å²) in [5.74, 6) is 0.0323. The number of carbonyl (C=O) groups is 1. The Balaban J connectivity index is 2.37. The zero-order chi connectivity index (χ0) is 15.0. The van der Waals surface area contributed by atoms with Gasteiger partial charge in [0.25, 0.3) is 0 Å². The van der Waals surface area contributed by atoms with Crippen LogP contribution in [0.25, 0.3) is 0 Å². The Morgan fingerprint density at radius 2 is 2.00 bits per heavy atom. The summed E-state index contributed by atoms with van der Waals surface area (Å²) in [5.41, 5.74) is 2.16. The Labute approximate surface area is 121 Å². The van der Waals surface area contributed by atoms with Gasteiger partial charge in [-0.05, 0) is 31.4 Å². The second-order valence-electron chi connectivity index (χ2n) is 5.64. The van der Waals surface area contributed by atoms with E-state index in [2.05, 4.69) is 23.6 Å². The number of amides is 1. The minimum absolute atomic E-state index is 0.0323. The highest BCUT2D eigenvalue weighted by molar-refractivity contribution is 5.78. The van der Waals surface area contributed by atoms with E-state index in [9.17, 15) is 4.79 Å². The molecule has 112 valence electrons. The van der Waals surface area contributed by atoms with Gasteiger partial charge in [0.2, 0.25) is 5.91 Å². The van der Waals surface area contributed by atoms with Crippen LogP contribution in [0.4, 0.5) is 0 Å². The summed E-state index contributed by atoms with van der Waals surface area (Å²) < 4.78 is 5.11. The highest BCUT2D eigenvalue weighted by Gasteiger charge is 2.16. The molecule has 0 aromatic heterocycles. The molecule has 20 heavy (non-hydrogen) atoms. The van der Waals surface area contributed by atoms with E-state index in [0.717, 1.165) is 17.5 Å². The molecule has 0 bridgehead atoms. The molecule has 0 atom stereocenters. The summed E-state index contributed by atoms with van der Waals surface area (Å²) in [6, 6.07) is 8.17. The maximum atomic E-state index is 11.8. The lowest BCUT2D eigenvalue weighted by atomic mass is 10.0. The van der Waals surface area contributed by atoms with Gasteiger partial charge in [-0.3, -0.25) is 4.79 Å². The fourth-order valence-electron chi connectivity index (χ4n) is 1.83. The number of nitrogens with one attached hydrogen (secondary N) is 2. The monoisotopic (exact) mass is 278 g/mol. The van der Waals surface area contributed by atoms with Crippen molar-refractivity contribution in [2.75, 3.05) is 13.7 Å². The summed E-state index contributed by atoms with van der Waals surface area (Å²) in [5, 5.41) is 6.17. The van der Waals surface area contributed by atoms with Gasteiger partial charge >= 0.3 is 0 Å². The van der Waals surface area contributed by atoms with E-state index in [-0.39, 0.29) is 11.4 Å². The van der Waals surface area contributed by atoms with E-state index in [1.165, 1.54) is 0 Å². The van der Waals surface area contributed by atoms with Crippen LogP contribution in [-0.2, 0) is 22.7 Å². The molecule has 0 saturated carbocycles. The smallest absolute Gasteiger partial charge is 0.234 e. The normalized spacial score (nSPS) is 11.4. The lowest BCUT2D eigenvalue weighted by molar-refractivity contribution is -0.121. The molecule has 0 fully saturated rings. The molecule has 0 spiro atoms. The van der Waals surface area contributed by atoms with E-state index in [4.69, 9.17) is 4.74 Å². The maximum Gasteiger partial charge on any atom is 0.234 e.